The molecular formula is C18H19N3O7S. The number of carbonyl (C=O) groups is 3. The maximum absolute atomic E-state index is 12.4. The quantitative estimate of drug-likeness (QED) is 0.403. The summed E-state index contributed by atoms with van der Waals surface area (Å²) in [5.41, 5.74) is -0.0743. The van der Waals surface area contributed by atoms with Gasteiger partial charge < -0.3 is 14.5 Å². The number of hydrogen-bond donors (Lipinski definition) is 3. The number of rotatable bonds is 9. The number of carbonyl (C=O) groups excluding carboxylic acids is 3. The fourth-order valence-corrected chi connectivity index (χ4v) is 3.08. The number of urea groups is 1. The third-order valence-corrected chi connectivity index (χ3v) is 4.79. The molecule has 11 heteroatoms. The van der Waals surface area contributed by atoms with Gasteiger partial charge in [-0.1, -0.05) is 12.1 Å². The maximum Gasteiger partial charge on any atom is 0.338 e. The molecule has 0 aliphatic heterocycles. The summed E-state index contributed by atoms with van der Waals surface area (Å²) in [6, 6.07) is 7.59. The van der Waals surface area contributed by atoms with Gasteiger partial charge in [-0.15, -0.1) is 6.58 Å². The molecule has 0 fully saturated rings. The molecule has 3 N–H and O–H groups in total. The van der Waals surface area contributed by atoms with E-state index in [0.717, 1.165) is 6.07 Å². The zero-order valence-corrected chi connectivity index (χ0v) is 16.0. The van der Waals surface area contributed by atoms with Gasteiger partial charge in [-0.05, 0) is 30.3 Å². The molecule has 0 saturated carbocycles. The Bertz CT molecular complexity index is 985. The van der Waals surface area contributed by atoms with Crippen LogP contribution in [0.25, 0.3) is 0 Å². The molecule has 1 heterocycles. The first-order valence-corrected chi connectivity index (χ1v) is 9.78. The second kappa shape index (κ2) is 10.2. The molecule has 0 unspecified atom stereocenters. The van der Waals surface area contributed by atoms with E-state index in [0.29, 0.717) is 5.76 Å². The standard InChI is InChI=1S/C18H19N3O7S/c1-2-8-19-18(24)21-16(22)12-28-17(23)13-5-3-7-15(10-13)29(25,26)20-11-14-6-4-9-27-14/h2-7,9-10,20H,1,8,11-12H2,(H2,19,21,22,24). The van der Waals surface area contributed by atoms with Crippen LogP contribution < -0.4 is 15.4 Å². The number of benzene rings is 1. The molecule has 0 spiro atoms. The second-order valence-corrected chi connectivity index (χ2v) is 7.32. The second-order valence-electron chi connectivity index (χ2n) is 5.55. The molecule has 2 rings (SSSR count). The average Bonchev–Trinajstić information content (AvgIpc) is 3.23. The molecule has 1 aromatic heterocycles. The van der Waals surface area contributed by atoms with E-state index in [1.54, 1.807) is 12.1 Å². The zero-order valence-electron chi connectivity index (χ0n) is 15.2. The van der Waals surface area contributed by atoms with Gasteiger partial charge in [-0.3, -0.25) is 10.1 Å². The molecule has 0 atom stereocenters. The molecule has 10 nitrogen and oxygen atoms in total. The first-order chi connectivity index (χ1) is 13.8. The summed E-state index contributed by atoms with van der Waals surface area (Å²) in [5.74, 6) is -1.34. The van der Waals surface area contributed by atoms with Crippen molar-refractivity contribution in [1.82, 2.24) is 15.4 Å². The van der Waals surface area contributed by atoms with E-state index in [1.807, 2.05) is 5.32 Å². The maximum atomic E-state index is 12.4. The van der Waals surface area contributed by atoms with Gasteiger partial charge in [-0.25, -0.2) is 22.7 Å². The van der Waals surface area contributed by atoms with Crippen LogP contribution in [0.2, 0.25) is 0 Å². The van der Waals surface area contributed by atoms with Crippen molar-refractivity contribution in [1.29, 1.82) is 0 Å². The minimum Gasteiger partial charge on any atom is -0.468 e. The molecule has 154 valence electrons. The Labute approximate surface area is 167 Å². The van der Waals surface area contributed by atoms with Gasteiger partial charge in [-0.2, -0.15) is 0 Å². The van der Waals surface area contributed by atoms with Crippen molar-refractivity contribution in [2.45, 2.75) is 11.4 Å². The van der Waals surface area contributed by atoms with Gasteiger partial charge in [0.1, 0.15) is 5.76 Å². The highest BCUT2D eigenvalue weighted by Gasteiger charge is 2.18. The van der Waals surface area contributed by atoms with Crippen LogP contribution in [0.15, 0.2) is 64.6 Å². The molecule has 0 saturated heterocycles. The van der Waals surface area contributed by atoms with Crippen LogP contribution in [-0.4, -0.2) is 39.5 Å². The molecule has 0 aliphatic carbocycles. The number of nitrogens with one attached hydrogen (secondary N) is 3. The van der Waals surface area contributed by atoms with Gasteiger partial charge in [0, 0.05) is 6.54 Å². The van der Waals surface area contributed by atoms with Crippen LogP contribution in [0.1, 0.15) is 16.1 Å². The normalized spacial score (nSPS) is 10.8. The van der Waals surface area contributed by atoms with Crippen molar-refractivity contribution < 1.29 is 32.0 Å². The van der Waals surface area contributed by atoms with Crippen LogP contribution in [0.3, 0.4) is 0 Å². The van der Waals surface area contributed by atoms with E-state index in [4.69, 9.17) is 9.15 Å². The smallest absolute Gasteiger partial charge is 0.338 e. The molecule has 29 heavy (non-hydrogen) atoms. The summed E-state index contributed by atoms with van der Waals surface area (Å²) in [6.07, 6.45) is 2.84. The Morgan fingerprint density at radius 3 is 2.66 bits per heavy atom. The summed E-state index contributed by atoms with van der Waals surface area (Å²) in [4.78, 5) is 34.8. The zero-order chi connectivity index (χ0) is 21.3. The summed E-state index contributed by atoms with van der Waals surface area (Å²) in [7, 11) is -3.91. The molecule has 0 bridgehead atoms. The van der Waals surface area contributed by atoms with E-state index >= 15 is 0 Å². The monoisotopic (exact) mass is 421 g/mol. The third-order valence-electron chi connectivity index (χ3n) is 3.39. The van der Waals surface area contributed by atoms with E-state index in [-0.39, 0.29) is 23.5 Å². The fourth-order valence-electron chi connectivity index (χ4n) is 2.04. The number of esters is 1. The molecule has 0 aliphatic rings. The van der Waals surface area contributed by atoms with Crippen molar-refractivity contribution in [3.8, 4) is 0 Å². The number of furan rings is 1. The number of amides is 3. The van der Waals surface area contributed by atoms with Crippen molar-refractivity contribution in [2.24, 2.45) is 0 Å². The largest absolute Gasteiger partial charge is 0.468 e. The lowest BCUT2D eigenvalue weighted by atomic mass is 10.2. The minimum atomic E-state index is -3.91. The van der Waals surface area contributed by atoms with Crippen LogP contribution in [0.5, 0.6) is 0 Å². The van der Waals surface area contributed by atoms with Crippen molar-refractivity contribution in [2.75, 3.05) is 13.2 Å². The lowest BCUT2D eigenvalue weighted by Gasteiger charge is -2.08. The molecule has 1 aromatic carbocycles. The van der Waals surface area contributed by atoms with Crippen molar-refractivity contribution in [3.05, 3.63) is 66.6 Å². The van der Waals surface area contributed by atoms with E-state index in [9.17, 15) is 22.8 Å². The third kappa shape index (κ3) is 6.90. The highest BCUT2D eigenvalue weighted by molar-refractivity contribution is 7.89. The minimum absolute atomic E-state index is 0.0574. The van der Waals surface area contributed by atoms with Gasteiger partial charge in [0.15, 0.2) is 6.61 Å². The summed E-state index contributed by atoms with van der Waals surface area (Å²) < 4.78 is 36.9. The fraction of sp³-hybridized carbons (Fsp3) is 0.167. The number of imide groups is 1. The predicted molar refractivity (Wildman–Crippen MR) is 101 cm³/mol. The van der Waals surface area contributed by atoms with Gasteiger partial charge in [0.25, 0.3) is 5.91 Å². The Balaban J connectivity index is 1.93. The molecule has 2 aromatic rings. The molecule has 0 radical (unpaired) electrons. The number of ether oxygens (including phenoxy) is 1. The summed E-state index contributed by atoms with van der Waals surface area (Å²) in [5, 5.41) is 4.28. The van der Waals surface area contributed by atoms with Gasteiger partial charge in [0.2, 0.25) is 10.0 Å². The molecular weight excluding hydrogens is 402 g/mol. The van der Waals surface area contributed by atoms with Crippen LogP contribution >= 0.6 is 0 Å². The van der Waals surface area contributed by atoms with Gasteiger partial charge in [0.05, 0.1) is 23.3 Å². The SMILES string of the molecule is C=CCNC(=O)NC(=O)COC(=O)c1cccc(S(=O)(=O)NCc2ccco2)c1. The lowest BCUT2D eigenvalue weighted by Crippen LogP contribution is -2.41. The number of sulfonamides is 1. The number of hydrogen-bond acceptors (Lipinski definition) is 7. The highest BCUT2D eigenvalue weighted by atomic mass is 32.2. The Morgan fingerprint density at radius 2 is 1.97 bits per heavy atom. The Morgan fingerprint density at radius 1 is 1.17 bits per heavy atom. The Hall–Kier alpha value is -3.44. The van der Waals surface area contributed by atoms with Gasteiger partial charge >= 0.3 is 12.0 Å². The van der Waals surface area contributed by atoms with Crippen LogP contribution in [0, 0.1) is 0 Å². The predicted octanol–water partition coefficient (Wildman–Crippen LogP) is 0.927. The van der Waals surface area contributed by atoms with E-state index < -0.39 is 34.5 Å². The van der Waals surface area contributed by atoms with Crippen LogP contribution in [0.4, 0.5) is 4.79 Å². The molecule has 3 amide bonds. The van der Waals surface area contributed by atoms with E-state index in [1.165, 1.54) is 30.5 Å². The van der Waals surface area contributed by atoms with Crippen LogP contribution in [-0.2, 0) is 26.1 Å². The summed E-state index contributed by atoms with van der Waals surface area (Å²) >= 11 is 0. The topological polar surface area (TPSA) is 144 Å². The van der Waals surface area contributed by atoms with Crippen molar-refractivity contribution in [3.63, 3.8) is 0 Å². The first-order valence-electron chi connectivity index (χ1n) is 8.29. The first kappa shape index (κ1) is 21.9. The van der Waals surface area contributed by atoms with Crippen molar-refractivity contribution >= 4 is 27.9 Å². The highest BCUT2D eigenvalue weighted by Crippen LogP contribution is 2.13. The average molecular weight is 421 g/mol. The summed E-state index contributed by atoms with van der Waals surface area (Å²) in [6.45, 7) is 2.79. The Kier molecular flexibility index (Phi) is 7.69. The van der Waals surface area contributed by atoms with E-state index in [2.05, 4.69) is 16.6 Å². The lowest BCUT2D eigenvalue weighted by molar-refractivity contribution is -0.123.